The summed E-state index contributed by atoms with van der Waals surface area (Å²) in [5, 5.41) is 3.13. The molecule has 0 aliphatic carbocycles. The van der Waals surface area contributed by atoms with Gasteiger partial charge in [0.15, 0.2) is 6.30 Å². The minimum atomic E-state index is -1.33. The fourth-order valence-corrected chi connectivity index (χ4v) is 1.77. The second-order valence-corrected chi connectivity index (χ2v) is 3.64. The Morgan fingerprint density at radius 3 is 2.53 bits per heavy atom. The zero-order valence-electron chi connectivity index (χ0n) is 8.42. The summed E-state index contributed by atoms with van der Waals surface area (Å²) in [5.41, 5.74) is 0.138. The van der Waals surface area contributed by atoms with E-state index < -0.39 is 12.1 Å². The number of alkyl halides is 1. The lowest BCUT2D eigenvalue weighted by atomic mass is 10.1. The Kier molecular flexibility index (Phi) is 3.28. The summed E-state index contributed by atoms with van der Waals surface area (Å²) in [7, 11) is 0. The molecule has 1 unspecified atom stereocenters. The van der Waals surface area contributed by atoms with Crippen LogP contribution in [-0.2, 0) is 0 Å². The van der Waals surface area contributed by atoms with E-state index in [0.717, 1.165) is 13.1 Å². The average Bonchev–Trinajstić information content (AvgIpc) is 2.30. The standard InChI is InChI=1S/C11H14F2N2/c12-10-4-2-1-3-9(10)11(13)15-7-5-14-6-8-15/h1-4,11,14H,5-8H2. The van der Waals surface area contributed by atoms with E-state index in [9.17, 15) is 8.78 Å². The van der Waals surface area contributed by atoms with Crippen molar-refractivity contribution in [2.45, 2.75) is 6.30 Å². The van der Waals surface area contributed by atoms with E-state index in [1.807, 2.05) is 0 Å². The SMILES string of the molecule is Fc1ccccc1C(F)N1CCNCC1. The molecule has 4 heteroatoms. The number of halogens is 2. The van der Waals surface area contributed by atoms with Crippen LogP contribution in [-0.4, -0.2) is 31.1 Å². The van der Waals surface area contributed by atoms with Crippen LogP contribution in [0.3, 0.4) is 0 Å². The van der Waals surface area contributed by atoms with Gasteiger partial charge in [0.05, 0.1) is 0 Å². The molecule has 1 aliphatic rings. The minimum Gasteiger partial charge on any atom is -0.314 e. The van der Waals surface area contributed by atoms with Crippen molar-refractivity contribution in [3.63, 3.8) is 0 Å². The number of rotatable bonds is 2. The summed E-state index contributed by atoms with van der Waals surface area (Å²) < 4.78 is 27.3. The van der Waals surface area contributed by atoms with E-state index in [4.69, 9.17) is 0 Å². The molecule has 1 N–H and O–H groups in total. The van der Waals surface area contributed by atoms with Crippen LogP contribution in [0.5, 0.6) is 0 Å². The van der Waals surface area contributed by atoms with Gasteiger partial charge in [0.25, 0.3) is 0 Å². The molecule has 1 saturated heterocycles. The van der Waals surface area contributed by atoms with Gasteiger partial charge >= 0.3 is 0 Å². The lowest BCUT2D eigenvalue weighted by molar-refractivity contribution is 0.0670. The number of nitrogens with zero attached hydrogens (tertiary/aromatic N) is 1. The van der Waals surface area contributed by atoms with Gasteiger partial charge in [-0.2, -0.15) is 0 Å². The maximum atomic E-state index is 13.9. The van der Waals surface area contributed by atoms with E-state index in [1.165, 1.54) is 12.1 Å². The van der Waals surface area contributed by atoms with Crippen molar-refractivity contribution >= 4 is 0 Å². The minimum absolute atomic E-state index is 0.138. The van der Waals surface area contributed by atoms with Crippen LogP contribution in [0.4, 0.5) is 8.78 Å². The Bertz CT molecular complexity index is 324. The zero-order chi connectivity index (χ0) is 10.7. The summed E-state index contributed by atoms with van der Waals surface area (Å²) in [5.74, 6) is -0.469. The summed E-state index contributed by atoms with van der Waals surface area (Å²) in [6, 6.07) is 6.03. The molecule has 1 aromatic carbocycles. The van der Waals surface area contributed by atoms with Crippen LogP contribution < -0.4 is 5.32 Å². The monoisotopic (exact) mass is 212 g/mol. The van der Waals surface area contributed by atoms with E-state index >= 15 is 0 Å². The molecule has 1 heterocycles. The average molecular weight is 212 g/mol. The number of hydrogen-bond acceptors (Lipinski definition) is 2. The van der Waals surface area contributed by atoms with Gasteiger partial charge in [0.2, 0.25) is 0 Å². The molecule has 0 spiro atoms. The third kappa shape index (κ3) is 2.33. The molecule has 0 aromatic heterocycles. The Labute approximate surface area is 87.9 Å². The lowest BCUT2D eigenvalue weighted by Crippen LogP contribution is -2.44. The number of hydrogen-bond donors (Lipinski definition) is 1. The molecule has 2 nitrogen and oxygen atoms in total. The normalized spacial score (nSPS) is 20.1. The van der Waals surface area contributed by atoms with E-state index in [-0.39, 0.29) is 5.56 Å². The lowest BCUT2D eigenvalue weighted by Gasteiger charge is -2.30. The molecular weight excluding hydrogens is 198 g/mol. The Morgan fingerprint density at radius 2 is 1.87 bits per heavy atom. The molecule has 0 radical (unpaired) electrons. The van der Waals surface area contributed by atoms with Gasteiger partial charge in [-0.1, -0.05) is 18.2 Å². The van der Waals surface area contributed by atoms with Crippen molar-refractivity contribution in [1.29, 1.82) is 0 Å². The topological polar surface area (TPSA) is 15.3 Å². The summed E-state index contributed by atoms with van der Waals surface area (Å²) >= 11 is 0. The molecule has 0 bridgehead atoms. The van der Waals surface area contributed by atoms with E-state index in [0.29, 0.717) is 13.1 Å². The molecule has 0 amide bonds. The van der Waals surface area contributed by atoms with Gasteiger partial charge in [-0.15, -0.1) is 0 Å². The molecule has 15 heavy (non-hydrogen) atoms. The van der Waals surface area contributed by atoms with Crippen LogP contribution in [0, 0.1) is 5.82 Å². The quantitative estimate of drug-likeness (QED) is 0.751. The van der Waals surface area contributed by atoms with Crippen molar-refractivity contribution in [3.8, 4) is 0 Å². The van der Waals surface area contributed by atoms with Gasteiger partial charge in [-0.05, 0) is 6.07 Å². The number of benzene rings is 1. The molecule has 1 aliphatic heterocycles. The largest absolute Gasteiger partial charge is 0.314 e. The van der Waals surface area contributed by atoms with Gasteiger partial charge in [0, 0.05) is 31.7 Å². The maximum Gasteiger partial charge on any atom is 0.182 e. The highest BCUT2D eigenvalue weighted by Gasteiger charge is 2.23. The third-order valence-corrected chi connectivity index (χ3v) is 2.63. The molecular formula is C11H14F2N2. The van der Waals surface area contributed by atoms with Gasteiger partial charge in [-0.3, -0.25) is 4.90 Å². The molecule has 1 fully saturated rings. The van der Waals surface area contributed by atoms with Crippen LogP contribution in [0.2, 0.25) is 0 Å². The highest BCUT2D eigenvalue weighted by Crippen LogP contribution is 2.24. The molecule has 82 valence electrons. The van der Waals surface area contributed by atoms with Crippen molar-refractivity contribution in [1.82, 2.24) is 10.2 Å². The van der Waals surface area contributed by atoms with Crippen LogP contribution in [0.15, 0.2) is 24.3 Å². The van der Waals surface area contributed by atoms with Gasteiger partial charge in [0.1, 0.15) is 5.82 Å². The predicted molar refractivity (Wildman–Crippen MR) is 54.7 cm³/mol. The Hall–Kier alpha value is -1.00. The highest BCUT2D eigenvalue weighted by molar-refractivity contribution is 5.19. The predicted octanol–water partition coefficient (Wildman–Crippen LogP) is 1.70. The summed E-state index contributed by atoms with van der Waals surface area (Å²) in [6.45, 7) is 2.76. The van der Waals surface area contributed by atoms with Crippen molar-refractivity contribution in [2.75, 3.05) is 26.2 Å². The molecule has 1 aromatic rings. The fourth-order valence-electron chi connectivity index (χ4n) is 1.77. The van der Waals surface area contributed by atoms with Crippen molar-refractivity contribution in [2.24, 2.45) is 0 Å². The number of piperazine rings is 1. The summed E-state index contributed by atoms with van der Waals surface area (Å²) in [6.07, 6.45) is -1.33. The molecule has 0 saturated carbocycles. The summed E-state index contributed by atoms with van der Waals surface area (Å²) in [4.78, 5) is 1.65. The second kappa shape index (κ2) is 4.68. The fraction of sp³-hybridized carbons (Fsp3) is 0.455. The Morgan fingerprint density at radius 1 is 1.20 bits per heavy atom. The molecule has 2 rings (SSSR count). The number of nitrogens with one attached hydrogen (secondary N) is 1. The second-order valence-electron chi connectivity index (χ2n) is 3.64. The van der Waals surface area contributed by atoms with Crippen LogP contribution >= 0.6 is 0 Å². The van der Waals surface area contributed by atoms with Crippen LogP contribution in [0.1, 0.15) is 11.9 Å². The molecule has 1 atom stereocenters. The van der Waals surface area contributed by atoms with Gasteiger partial charge < -0.3 is 5.32 Å². The third-order valence-electron chi connectivity index (χ3n) is 2.63. The first-order chi connectivity index (χ1) is 7.29. The van der Waals surface area contributed by atoms with E-state index in [1.54, 1.807) is 17.0 Å². The first-order valence-corrected chi connectivity index (χ1v) is 5.12. The smallest absolute Gasteiger partial charge is 0.182 e. The highest BCUT2D eigenvalue weighted by atomic mass is 19.1. The Balaban J connectivity index is 2.12. The van der Waals surface area contributed by atoms with Crippen molar-refractivity contribution in [3.05, 3.63) is 35.6 Å². The van der Waals surface area contributed by atoms with Gasteiger partial charge in [-0.25, -0.2) is 8.78 Å². The first kappa shape index (κ1) is 10.5. The maximum absolute atomic E-state index is 13.9. The van der Waals surface area contributed by atoms with Crippen molar-refractivity contribution < 1.29 is 8.78 Å². The first-order valence-electron chi connectivity index (χ1n) is 5.12. The zero-order valence-corrected chi connectivity index (χ0v) is 8.42. The van der Waals surface area contributed by atoms with Crippen LogP contribution in [0.25, 0.3) is 0 Å². The van der Waals surface area contributed by atoms with E-state index in [2.05, 4.69) is 5.32 Å².